The molecular formula is C21H29N3O6S. The summed E-state index contributed by atoms with van der Waals surface area (Å²) in [5.41, 5.74) is 0.674. The summed E-state index contributed by atoms with van der Waals surface area (Å²) in [4.78, 5) is 40.7. The van der Waals surface area contributed by atoms with Crippen LogP contribution in [0.2, 0.25) is 0 Å². The average molecular weight is 452 g/mol. The molecule has 31 heavy (non-hydrogen) atoms. The van der Waals surface area contributed by atoms with Gasteiger partial charge in [-0.2, -0.15) is 0 Å². The van der Waals surface area contributed by atoms with E-state index >= 15 is 0 Å². The lowest BCUT2D eigenvalue weighted by Gasteiger charge is -2.32. The van der Waals surface area contributed by atoms with Gasteiger partial charge in [-0.1, -0.05) is 18.2 Å². The van der Waals surface area contributed by atoms with E-state index in [4.69, 9.17) is 4.74 Å². The summed E-state index contributed by atoms with van der Waals surface area (Å²) in [5, 5.41) is 2.81. The number of amides is 3. The van der Waals surface area contributed by atoms with Gasteiger partial charge >= 0.3 is 12.0 Å². The normalized spacial score (nSPS) is 23.6. The first-order valence-corrected chi connectivity index (χ1v) is 12.3. The molecule has 2 heterocycles. The van der Waals surface area contributed by atoms with Gasteiger partial charge in [0.15, 0.2) is 15.9 Å². The molecule has 10 heteroatoms. The lowest BCUT2D eigenvalue weighted by atomic mass is 9.98. The number of hydrogen-bond donors (Lipinski definition) is 1. The van der Waals surface area contributed by atoms with Crippen molar-refractivity contribution in [3.63, 3.8) is 0 Å². The Morgan fingerprint density at radius 1 is 1.19 bits per heavy atom. The maximum Gasteiger partial charge on any atom is 0.321 e. The van der Waals surface area contributed by atoms with E-state index in [1.165, 1.54) is 18.9 Å². The average Bonchev–Trinajstić information content (AvgIpc) is 3.13. The standard InChI is InChI=1S/C21H29N3O6S/c1-15(19(25)23(2)18-10-12-31(28,29)14-18)30-20(26)16-7-6-11-24(13-16)21(27)22-17-8-4-3-5-9-17/h3-5,8-9,15-16,18H,6-7,10-14H2,1-2H3,(H,22,27)/t15-,16+,18+/m0/s1. The molecule has 0 unspecified atom stereocenters. The van der Waals surface area contributed by atoms with Crippen LogP contribution in [0.1, 0.15) is 26.2 Å². The highest BCUT2D eigenvalue weighted by Gasteiger charge is 2.36. The van der Waals surface area contributed by atoms with Crippen LogP contribution in [0.3, 0.4) is 0 Å². The zero-order chi connectivity index (χ0) is 22.6. The van der Waals surface area contributed by atoms with Crippen molar-refractivity contribution in [2.45, 2.75) is 38.3 Å². The van der Waals surface area contributed by atoms with E-state index in [-0.39, 0.29) is 24.1 Å². The Labute approximate surface area is 182 Å². The molecule has 3 atom stereocenters. The quantitative estimate of drug-likeness (QED) is 0.679. The third-order valence-electron chi connectivity index (χ3n) is 5.81. The Kier molecular flexibility index (Phi) is 7.19. The molecule has 9 nitrogen and oxygen atoms in total. The number of piperidine rings is 1. The lowest BCUT2D eigenvalue weighted by molar-refractivity contribution is -0.163. The number of rotatable bonds is 5. The highest BCUT2D eigenvalue weighted by atomic mass is 32.2. The Morgan fingerprint density at radius 3 is 2.55 bits per heavy atom. The van der Waals surface area contributed by atoms with Gasteiger partial charge in [0.05, 0.1) is 17.4 Å². The number of ether oxygens (including phenoxy) is 1. The van der Waals surface area contributed by atoms with Crippen LogP contribution < -0.4 is 5.32 Å². The van der Waals surface area contributed by atoms with Crippen LogP contribution in [-0.2, 0) is 24.2 Å². The van der Waals surface area contributed by atoms with Crippen molar-refractivity contribution < 1.29 is 27.5 Å². The van der Waals surface area contributed by atoms with Gasteiger partial charge in [-0.3, -0.25) is 9.59 Å². The van der Waals surface area contributed by atoms with Crippen LogP contribution in [0, 0.1) is 5.92 Å². The molecule has 1 aromatic rings. The molecule has 1 N–H and O–H groups in total. The number of nitrogens with zero attached hydrogens (tertiary/aromatic N) is 2. The number of benzene rings is 1. The topological polar surface area (TPSA) is 113 Å². The second-order valence-corrected chi connectivity index (χ2v) is 10.4. The fourth-order valence-corrected chi connectivity index (χ4v) is 5.72. The highest BCUT2D eigenvalue weighted by molar-refractivity contribution is 7.91. The largest absolute Gasteiger partial charge is 0.452 e. The van der Waals surface area contributed by atoms with Gasteiger partial charge in [-0.05, 0) is 38.3 Å². The second kappa shape index (κ2) is 9.67. The van der Waals surface area contributed by atoms with Crippen LogP contribution >= 0.6 is 0 Å². The predicted octanol–water partition coefficient (Wildman–Crippen LogP) is 1.51. The van der Waals surface area contributed by atoms with Crippen molar-refractivity contribution in [1.29, 1.82) is 0 Å². The number of hydrogen-bond acceptors (Lipinski definition) is 6. The van der Waals surface area contributed by atoms with Crippen LogP contribution in [0.15, 0.2) is 30.3 Å². The Hall–Kier alpha value is -2.62. The molecule has 3 rings (SSSR count). The molecule has 0 bridgehead atoms. The van der Waals surface area contributed by atoms with E-state index in [0.717, 1.165) is 0 Å². The number of carbonyl (C=O) groups is 3. The summed E-state index contributed by atoms with van der Waals surface area (Å²) in [5.74, 6) is -1.46. The zero-order valence-electron chi connectivity index (χ0n) is 17.8. The number of urea groups is 1. The smallest absolute Gasteiger partial charge is 0.321 e. The fraction of sp³-hybridized carbons (Fsp3) is 0.571. The number of para-hydroxylation sites is 1. The van der Waals surface area contributed by atoms with Crippen molar-refractivity contribution in [2.24, 2.45) is 5.92 Å². The molecule has 1 aromatic carbocycles. The molecule has 2 aliphatic rings. The Morgan fingerprint density at radius 2 is 1.90 bits per heavy atom. The van der Waals surface area contributed by atoms with Gasteiger partial charge in [0.1, 0.15) is 0 Å². The van der Waals surface area contributed by atoms with Gasteiger partial charge in [0.2, 0.25) is 0 Å². The highest BCUT2D eigenvalue weighted by Crippen LogP contribution is 2.21. The minimum Gasteiger partial charge on any atom is -0.452 e. The monoisotopic (exact) mass is 451 g/mol. The number of sulfone groups is 1. The van der Waals surface area contributed by atoms with Crippen LogP contribution in [0.25, 0.3) is 0 Å². The fourth-order valence-electron chi connectivity index (χ4n) is 3.95. The number of anilines is 1. The molecule has 3 amide bonds. The lowest BCUT2D eigenvalue weighted by Crippen LogP contribution is -2.47. The maximum atomic E-state index is 12.6. The summed E-state index contributed by atoms with van der Waals surface area (Å²) in [7, 11) is -1.59. The van der Waals surface area contributed by atoms with Crippen molar-refractivity contribution >= 4 is 33.4 Å². The van der Waals surface area contributed by atoms with Crippen molar-refractivity contribution in [3.05, 3.63) is 30.3 Å². The Balaban J connectivity index is 1.52. The first-order chi connectivity index (χ1) is 14.7. The van der Waals surface area contributed by atoms with E-state index < -0.39 is 39.8 Å². The van der Waals surface area contributed by atoms with Crippen molar-refractivity contribution in [1.82, 2.24) is 9.80 Å². The maximum absolute atomic E-state index is 12.6. The number of carbonyl (C=O) groups excluding carboxylic acids is 3. The van der Waals surface area contributed by atoms with Crippen molar-refractivity contribution in [3.8, 4) is 0 Å². The first kappa shape index (κ1) is 23.1. The number of likely N-dealkylation sites (tertiary alicyclic amines) is 1. The predicted molar refractivity (Wildman–Crippen MR) is 115 cm³/mol. The van der Waals surface area contributed by atoms with E-state index in [9.17, 15) is 22.8 Å². The van der Waals surface area contributed by atoms with Gasteiger partial charge in [-0.15, -0.1) is 0 Å². The van der Waals surface area contributed by atoms with Gasteiger partial charge in [-0.25, -0.2) is 13.2 Å². The summed E-state index contributed by atoms with van der Waals surface area (Å²) in [6, 6.07) is 8.39. The van der Waals surface area contributed by atoms with Gasteiger partial charge < -0.3 is 19.9 Å². The van der Waals surface area contributed by atoms with E-state index in [1.807, 2.05) is 18.2 Å². The van der Waals surface area contributed by atoms with Crippen molar-refractivity contribution in [2.75, 3.05) is 37.0 Å². The SMILES string of the molecule is C[C@H](OC(=O)[C@@H]1CCCN(C(=O)Nc2ccccc2)C1)C(=O)N(C)[C@@H]1CCS(=O)(=O)C1. The molecule has 0 spiro atoms. The van der Waals surface area contributed by atoms with E-state index in [2.05, 4.69) is 5.32 Å². The minimum absolute atomic E-state index is 0.0619. The third-order valence-corrected chi connectivity index (χ3v) is 7.56. The van der Waals surface area contributed by atoms with E-state index in [1.54, 1.807) is 17.0 Å². The van der Waals surface area contributed by atoms with E-state index in [0.29, 0.717) is 31.5 Å². The van der Waals surface area contributed by atoms with Gasteiger partial charge in [0.25, 0.3) is 5.91 Å². The van der Waals surface area contributed by atoms with Gasteiger partial charge in [0, 0.05) is 31.9 Å². The number of esters is 1. The summed E-state index contributed by atoms with van der Waals surface area (Å²) in [6.45, 7) is 2.24. The molecule has 2 aliphatic heterocycles. The summed E-state index contributed by atoms with van der Waals surface area (Å²) < 4.78 is 28.7. The summed E-state index contributed by atoms with van der Waals surface area (Å²) >= 11 is 0. The zero-order valence-corrected chi connectivity index (χ0v) is 18.6. The molecule has 0 radical (unpaired) electrons. The molecule has 0 saturated carbocycles. The van der Waals surface area contributed by atoms with Crippen LogP contribution in [0.4, 0.5) is 10.5 Å². The first-order valence-electron chi connectivity index (χ1n) is 10.4. The molecule has 2 saturated heterocycles. The molecular weight excluding hydrogens is 422 g/mol. The number of likely N-dealkylation sites (N-methyl/N-ethyl adjacent to an activating group) is 1. The molecule has 170 valence electrons. The second-order valence-electron chi connectivity index (χ2n) is 8.17. The summed E-state index contributed by atoms with van der Waals surface area (Å²) in [6.07, 6.45) is 0.601. The molecule has 0 aliphatic carbocycles. The molecule has 2 fully saturated rings. The minimum atomic E-state index is -3.12. The van der Waals surface area contributed by atoms with Crippen LogP contribution in [0.5, 0.6) is 0 Å². The third kappa shape index (κ3) is 5.96. The Bertz CT molecular complexity index is 920. The molecule has 0 aromatic heterocycles. The van der Waals surface area contributed by atoms with Crippen LogP contribution in [-0.4, -0.2) is 79.9 Å². The number of nitrogens with one attached hydrogen (secondary N) is 1.